The van der Waals surface area contributed by atoms with Crippen LogP contribution in [0, 0.1) is 0 Å². The fourth-order valence-electron chi connectivity index (χ4n) is 1.90. The SMILES string of the molecule is C[C@]1(S(=O)(=O)O)CC(=O)c2ccccc2C1=O. The summed E-state index contributed by atoms with van der Waals surface area (Å²) in [6.45, 7) is 1.07. The van der Waals surface area contributed by atoms with Gasteiger partial charge in [-0.05, 0) is 6.92 Å². The molecule has 2 rings (SSSR count). The smallest absolute Gasteiger partial charge is 0.278 e. The van der Waals surface area contributed by atoms with Crippen LogP contribution in [0.3, 0.4) is 0 Å². The summed E-state index contributed by atoms with van der Waals surface area (Å²) in [5.74, 6) is -1.20. The van der Waals surface area contributed by atoms with Crippen molar-refractivity contribution < 1.29 is 22.6 Å². The van der Waals surface area contributed by atoms with E-state index in [1.807, 2.05) is 0 Å². The summed E-state index contributed by atoms with van der Waals surface area (Å²) in [5.41, 5.74) is 0.252. The Morgan fingerprint density at radius 2 is 1.71 bits per heavy atom. The molecule has 0 fully saturated rings. The quantitative estimate of drug-likeness (QED) is 0.758. The molecular weight excluding hydrogens is 244 g/mol. The van der Waals surface area contributed by atoms with E-state index in [1.54, 1.807) is 12.1 Å². The lowest BCUT2D eigenvalue weighted by Gasteiger charge is -2.29. The molecule has 0 radical (unpaired) electrons. The number of carbonyl (C=O) groups is 2. The second-order valence-corrected chi connectivity index (χ2v) is 6.03. The highest BCUT2D eigenvalue weighted by Crippen LogP contribution is 2.33. The van der Waals surface area contributed by atoms with Crippen molar-refractivity contribution in [3.05, 3.63) is 35.4 Å². The van der Waals surface area contributed by atoms with Gasteiger partial charge < -0.3 is 0 Å². The highest BCUT2D eigenvalue weighted by molar-refractivity contribution is 7.88. The number of Topliss-reactive ketones (excluding diaryl/α,β-unsaturated/α-hetero) is 2. The van der Waals surface area contributed by atoms with E-state index >= 15 is 0 Å². The van der Waals surface area contributed by atoms with Crippen LogP contribution in [0.15, 0.2) is 24.3 Å². The Kier molecular flexibility index (Phi) is 2.44. The van der Waals surface area contributed by atoms with E-state index in [2.05, 4.69) is 0 Å². The topological polar surface area (TPSA) is 88.5 Å². The van der Waals surface area contributed by atoms with Crippen LogP contribution in [0.4, 0.5) is 0 Å². The number of hydrogen-bond donors (Lipinski definition) is 1. The highest BCUT2D eigenvalue weighted by atomic mass is 32.2. The highest BCUT2D eigenvalue weighted by Gasteiger charge is 2.51. The Labute approximate surface area is 98.2 Å². The predicted molar refractivity (Wildman–Crippen MR) is 59.7 cm³/mol. The Hall–Kier alpha value is -1.53. The molecule has 1 aliphatic carbocycles. The van der Waals surface area contributed by atoms with E-state index < -0.39 is 32.9 Å². The van der Waals surface area contributed by atoms with Gasteiger partial charge in [-0.15, -0.1) is 0 Å². The number of rotatable bonds is 1. The third kappa shape index (κ3) is 1.60. The second-order valence-electron chi connectivity index (χ2n) is 4.18. The van der Waals surface area contributed by atoms with Gasteiger partial charge in [0.05, 0.1) is 0 Å². The number of carbonyl (C=O) groups excluding carboxylic acids is 2. The molecule has 6 heteroatoms. The summed E-state index contributed by atoms with van der Waals surface area (Å²) < 4.78 is 29.6. The van der Waals surface area contributed by atoms with E-state index in [0.29, 0.717) is 0 Å². The molecule has 0 spiro atoms. The lowest BCUT2D eigenvalue weighted by atomic mass is 9.82. The van der Waals surface area contributed by atoms with Crippen LogP contribution in [0.5, 0.6) is 0 Å². The molecule has 17 heavy (non-hydrogen) atoms. The lowest BCUT2D eigenvalue weighted by molar-refractivity contribution is 0.0846. The third-order valence-electron chi connectivity index (χ3n) is 3.02. The first-order chi connectivity index (χ1) is 7.77. The molecule has 5 nitrogen and oxygen atoms in total. The number of benzene rings is 1. The van der Waals surface area contributed by atoms with Gasteiger partial charge in [-0.1, -0.05) is 24.3 Å². The molecule has 0 heterocycles. The van der Waals surface area contributed by atoms with Crippen LogP contribution in [0.1, 0.15) is 34.1 Å². The molecule has 0 aliphatic heterocycles. The monoisotopic (exact) mass is 254 g/mol. The van der Waals surface area contributed by atoms with Gasteiger partial charge in [-0.2, -0.15) is 8.42 Å². The van der Waals surface area contributed by atoms with Gasteiger partial charge in [0.25, 0.3) is 10.1 Å². The first kappa shape index (κ1) is 11.9. The van der Waals surface area contributed by atoms with E-state index in [1.165, 1.54) is 12.1 Å². The average molecular weight is 254 g/mol. The van der Waals surface area contributed by atoms with Crippen LogP contribution in [-0.4, -0.2) is 29.3 Å². The maximum Gasteiger partial charge on any atom is 0.278 e. The zero-order valence-corrected chi connectivity index (χ0v) is 9.82. The Morgan fingerprint density at radius 3 is 2.24 bits per heavy atom. The van der Waals surface area contributed by atoms with E-state index in [9.17, 15) is 18.0 Å². The summed E-state index contributed by atoms with van der Waals surface area (Å²) >= 11 is 0. The van der Waals surface area contributed by atoms with Crippen molar-refractivity contribution in [1.82, 2.24) is 0 Å². The summed E-state index contributed by atoms with van der Waals surface area (Å²) in [5, 5.41) is 0. The van der Waals surface area contributed by atoms with Crippen molar-refractivity contribution >= 4 is 21.7 Å². The van der Waals surface area contributed by atoms with Gasteiger partial charge in [-0.25, -0.2) is 0 Å². The van der Waals surface area contributed by atoms with Gasteiger partial charge in [0.2, 0.25) is 0 Å². The molecule has 0 bridgehead atoms. The number of fused-ring (bicyclic) bond motifs is 1. The van der Waals surface area contributed by atoms with Crippen molar-refractivity contribution in [2.24, 2.45) is 0 Å². The lowest BCUT2D eigenvalue weighted by Crippen LogP contribution is -2.48. The largest absolute Gasteiger partial charge is 0.294 e. The summed E-state index contributed by atoms with van der Waals surface area (Å²) in [4.78, 5) is 23.8. The minimum atomic E-state index is -4.62. The summed E-state index contributed by atoms with van der Waals surface area (Å²) in [6.07, 6.45) is -0.526. The first-order valence-corrected chi connectivity index (χ1v) is 6.35. The fourth-order valence-corrected chi connectivity index (χ4v) is 2.56. The van der Waals surface area contributed by atoms with Crippen molar-refractivity contribution in [2.75, 3.05) is 0 Å². The zero-order valence-electron chi connectivity index (χ0n) is 9.00. The molecule has 0 saturated carbocycles. The summed E-state index contributed by atoms with van der Waals surface area (Å²) in [6, 6.07) is 6.00. The van der Waals surface area contributed by atoms with E-state index in [0.717, 1.165) is 6.92 Å². The molecular formula is C11H10O5S. The Bertz CT molecular complexity index is 617. The van der Waals surface area contributed by atoms with Crippen LogP contribution in [0.25, 0.3) is 0 Å². The Balaban J connectivity index is 2.70. The maximum atomic E-state index is 12.0. The third-order valence-corrected chi connectivity index (χ3v) is 4.49. The molecule has 0 aromatic heterocycles. The molecule has 1 atom stereocenters. The molecule has 1 N–H and O–H groups in total. The van der Waals surface area contributed by atoms with Crippen LogP contribution in [-0.2, 0) is 10.1 Å². The second kappa shape index (κ2) is 3.48. The van der Waals surface area contributed by atoms with Gasteiger partial charge in [-0.3, -0.25) is 14.1 Å². The normalized spacial score (nSPS) is 24.6. The average Bonchev–Trinajstić information content (AvgIpc) is 2.25. The first-order valence-electron chi connectivity index (χ1n) is 4.91. The number of ketones is 2. The molecule has 1 aromatic rings. The number of hydrogen-bond acceptors (Lipinski definition) is 4. The zero-order chi connectivity index (χ0) is 12.8. The molecule has 0 amide bonds. The molecule has 1 aliphatic rings. The van der Waals surface area contributed by atoms with Crippen LogP contribution < -0.4 is 0 Å². The molecule has 0 saturated heterocycles. The van der Waals surface area contributed by atoms with Gasteiger partial charge >= 0.3 is 0 Å². The summed E-state index contributed by atoms with van der Waals surface area (Å²) in [7, 11) is -4.62. The van der Waals surface area contributed by atoms with Gasteiger partial charge in [0.15, 0.2) is 16.3 Å². The van der Waals surface area contributed by atoms with Crippen molar-refractivity contribution in [2.45, 2.75) is 18.1 Å². The van der Waals surface area contributed by atoms with Crippen molar-refractivity contribution in [1.29, 1.82) is 0 Å². The van der Waals surface area contributed by atoms with Crippen molar-refractivity contribution in [3.63, 3.8) is 0 Å². The van der Waals surface area contributed by atoms with Crippen LogP contribution in [0.2, 0.25) is 0 Å². The molecule has 90 valence electrons. The predicted octanol–water partition coefficient (Wildman–Crippen LogP) is 1.10. The molecule has 0 unspecified atom stereocenters. The minimum Gasteiger partial charge on any atom is -0.294 e. The molecule has 1 aromatic carbocycles. The van der Waals surface area contributed by atoms with E-state index in [-0.39, 0.29) is 11.1 Å². The van der Waals surface area contributed by atoms with Gasteiger partial charge in [0.1, 0.15) is 0 Å². The standard InChI is InChI=1S/C11H10O5S/c1-11(17(14,15)16)6-9(12)7-4-2-3-5-8(7)10(11)13/h2-5H,6H2,1H3,(H,14,15,16)/t11-/m0/s1. The minimum absolute atomic E-state index is 0.0453. The van der Waals surface area contributed by atoms with Gasteiger partial charge in [0, 0.05) is 17.5 Å². The van der Waals surface area contributed by atoms with Crippen LogP contribution >= 0.6 is 0 Å². The maximum absolute atomic E-state index is 12.0. The van der Waals surface area contributed by atoms with Crippen molar-refractivity contribution in [3.8, 4) is 0 Å². The Morgan fingerprint density at radius 1 is 1.18 bits per heavy atom. The fraction of sp³-hybridized carbons (Fsp3) is 0.273. The van der Waals surface area contributed by atoms with E-state index in [4.69, 9.17) is 4.55 Å².